The van der Waals surface area contributed by atoms with Crippen LogP contribution in [0, 0.1) is 11.6 Å². The van der Waals surface area contributed by atoms with Crippen molar-refractivity contribution in [2.45, 2.75) is 0 Å². The normalized spacial score (nSPS) is 10.3. The van der Waals surface area contributed by atoms with E-state index in [9.17, 15) is 18.4 Å². The third-order valence-electron chi connectivity index (χ3n) is 2.64. The van der Waals surface area contributed by atoms with Crippen molar-refractivity contribution < 1.29 is 23.1 Å². The summed E-state index contributed by atoms with van der Waals surface area (Å²) in [5, 5.41) is 2.56. The first-order valence-corrected chi connectivity index (χ1v) is 6.99. The highest BCUT2D eigenvalue weighted by molar-refractivity contribution is 6.35. The molecule has 0 atom stereocenters. The van der Waals surface area contributed by atoms with E-state index in [1.165, 1.54) is 18.2 Å². The quantitative estimate of drug-likeness (QED) is 0.837. The average Bonchev–Trinajstić information content (AvgIpc) is 2.47. The van der Waals surface area contributed by atoms with Crippen molar-refractivity contribution in [3.05, 3.63) is 63.6 Å². The molecular formula is C15H9Cl2F2NO3. The number of anilines is 1. The Morgan fingerprint density at radius 1 is 1.04 bits per heavy atom. The number of ether oxygens (including phenoxy) is 1. The number of carbonyl (C=O) groups excluding carboxylic acids is 2. The molecule has 0 heterocycles. The maximum Gasteiger partial charge on any atom is 0.338 e. The fourth-order valence-electron chi connectivity index (χ4n) is 1.67. The number of carbonyl (C=O) groups is 2. The largest absolute Gasteiger partial charge is 0.452 e. The van der Waals surface area contributed by atoms with Crippen molar-refractivity contribution in [1.82, 2.24) is 0 Å². The first-order chi connectivity index (χ1) is 10.8. The average molecular weight is 360 g/mol. The van der Waals surface area contributed by atoms with Gasteiger partial charge in [-0.2, -0.15) is 0 Å². The number of hydrogen-bond acceptors (Lipinski definition) is 3. The summed E-state index contributed by atoms with van der Waals surface area (Å²) in [6.45, 7) is -0.682. The Kier molecular flexibility index (Phi) is 5.52. The molecule has 0 aliphatic heterocycles. The first-order valence-electron chi connectivity index (χ1n) is 6.23. The summed E-state index contributed by atoms with van der Waals surface area (Å²) >= 11 is 11.5. The molecule has 0 aliphatic rings. The van der Waals surface area contributed by atoms with Crippen molar-refractivity contribution in [2.75, 3.05) is 11.9 Å². The molecule has 0 saturated heterocycles. The van der Waals surface area contributed by atoms with Gasteiger partial charge in [-0.1, -0.05) is 23.2 Å². The van der Waals surface area contributed by atoms with Gasteiger partial charge in [-0.25, -0.2) is 13.6 Å². The monoisotopic (exact) mass is 359 g/mol. The number of esters is 1. The van der Waals surface area contributed by atoms with E-state index in [2.05, 4.69) is 5.32 Å². The Bertz CT molecular complexity index is 748. The van der Waals surface area contributed by atoms with Crippen molar-refractivity contribution in [3.63, 3.8) is 0 Å². The van der Waals surface area contributed by atoms with Crippen LogP contribution in [0.25, 0.3) is 0 Å². The van der Waals surface area contributed by atoms with Gasteiger partial charge in [0.05, 0.1) is 11.3 Å². The first kappa shape index (κ1) is 17.2. The van der Waals surface area contributed by atoms with Crippen LogP contribution in [0.5, 0.6) is 0 Å². The fraction of sp³-hybridized carbons (Fsp3) is 0.0667. The van der Waals surface area contributed by atoms with Crippen molar-refractivity contribution in [2.24, 2.45) is 0 Å². The molecule has 120 valence electrons. The molecule has 0 unspecified atom stereocenters. The highest BCUT2D eigenvalue weighted by atomic mass is 35.5. The molecule has 0 bridgehead atoms. The van der Waals surface area contributed by atoms with E-state index in [-0.39, 0.29) is 21.3 Å². The zero-order chi connectivity index (χ0) is 17.0. The third kappa shape index (κ3) is 4.91. The van der Waals surface area contributed by atoms with E-state index >= 15 is 0 Å². The van der Waals surface area contributed by atoms with Gasteiger partial charge in [-0.05, 0) is 30.3 Å². The molecule has 0 saturated carbocycles. The summed E-state index contributed by atoms with van der Waals surface area (Å²) in [5.41, 5.74) is -0.288. The number of rotatable bonds is 4. The lowest BCUT2D eigenvalue weighted by molar-refractivity contribution is -0.119. The lowest BCUT2D eigenvalue weighted by Crippen LogP contribution is -2.21. The second-order valence-corrected chi connectivity index (χ2v) is 5.28. The molecule has 1 N–H and O–H groups in total. The van der Waals surface area contributed by atoms with Gasteiger partial charge < -0.3 is 10.1 Å². The molecule has 0 aliphatic carbocycles. The molecular weight excluding hydrogens is 351 g/mol. The molecule has 0 spiro atoms. The van der Waals surface area contributed by atoms with Crippen LogP contribution in [0.4, 0.5) is 14.5 Å². The molecule has 2 aromatic carbocycles. The topological polar surface area (TPSA) is 55.4 Å². The summed E-state index contributed by atoms with van der Waals surface area (Å²) < 4.78 is 31.1. The van der Waals surface area contributed by atoms with Crippen LogP contribution in [0.3, 0.4) is 0 Å². The minimum absolute atomic E-state index is 0.0623. The smallest absolute Gasteiger partial charge is 0.338 e. The van der Waals surface area contributed by atoms with Crippen LogP contribution in [-0.2, 0) is 9.53 Å². The van der Waals surface area contributed by atoms with E-state index in [4.69, 9.17) is 27.9 Å². The van der Waals surface area contributed by atoms with Gasteiger partial charge in [0.2, 0.25) is 0 Å². The van der Waals surface area contributed by atoms with Crippen LogP contribution < -0.4 is 5.32 Å². The molecule has 0 aromatic heterocycles. The Labute approximate surface area is 140 Å². The van der Waals surface area contributed by atoms with E-state index < -0.39 is 30.1 Å². The molecule has 0 fully saturated rings. The Balaban J connectivity index is 1.96. The van der Waals surface area contributed by atoms with Crippen molar-refractivity contribution in [3.8, 4) is 0 Å². The lowest BCUT2D eigenvalue weighted by Gasteiger charge is -2.08. The highest BCUT2D eigenvalue weighted by Crippen LogP contribution is 2.20. The minimum Gasteiger partial charge on any atom is -0.452 e. The van der Waals surface area contributed by atoms with Gasteiger partial charge in [-0.3, -0.25) is 4.79 Å². The predicted molar refractivity (Wildman–Crippen MR) is 81.7 cm³/mol. The number of benzene rings is 2. The minimum atomic E-state index is -0.829. The number of halogens is 4. The second kappa shape index (κ2) is 7.39. The van der Waals surface area contributed by atoms with Gasteiger partial charge in [0.15, 0.2) is 6.61 Å². The van der Waals surface area contributed by atoms with Gasteiger partial charge in [0, 0.05) is 16.1 Å². The van der Waals surface area contributed by atoms with Gasteiger partial charge >= 0.3 is 5.97 Å². The molecule has 2 rings (SSSR count). The molecule has 2 aromatic rings. The molecule has 8 heteroatoms. The zero-order valence-corrected chi connectivity index (χ0v) is 12.9. The van der Waals surface area contributed by atoms with E-state index in [0.717, 1.165) is 18.2 Å². The number of amides is 1. The van der Waals surface area contributed by atoms with E-state index in [0.29, 0.717) is 0 Å². The third-order valence-corrected chi connectivity index (χ3v) is 3.07. The second-order valence-electron chi connectivity index (χ2n) is 4.41. The van der Waals surface area contributed by atoms with Gasteiger partial charge in [0.25, 0.3) is 5.91 Å². The van der Waals surface area contributed by atoms with Crippen molar-refractivity contribution >= 4 is 40.8 Å². The van der Waals surface area contributed by atoms with E-state index in [1.54, 1.807) is 0 Å². The SMILES string of the molecule is O=C(COC(=O)c1cc(Cl)cc(Cl)c1)Nc1cc(F)ccc1F. The number of hydrogen-bond donors (Lipinski definition) is 1. The summed E-state index contributed by atoms with van der Waals surface area (Å²) in [6.07, 6.45) is 0. The molecule has 1 amide bonds. The summed E-state index contributed by atoms with van der Waals surface area (Å²) in [6, 6.07) is 6.66. The lowest BCUT2D eigenvalue weighted by atomic mass is 10.2. The molecule has 0 radical (unpaired) electrons. The Hall–Kier alpha value is -2.18. The Morgan fingerprint density at radius 3 is 2.35 bits per heavy atom. The standard InChI is InChI=1S/C15H9Cl2F2NO3/c16-9-3-8(4-10(17)5-9)15(22)23-7-14(21)20-13-6-11(18)1-2-12(13)19/h1-6H,7H2,(H,20,21). The van der Waals surface area contributed by atoms with Crippen LogP contribution in [-0.4, -0.2) is 18.5 Å². The van der Waals surface area contributed by atoms with Crippen LogP contribution in [0.2, 0.25) is 10.0 Å². The van der Waals surface area contributed by atoms with Gasteiger partial charge in [-0.15, -0.1) is 0 Å². The number of nitrogens with one attached hydrogen (secondary N) is 1. The maximum absolute atomic E-state index is 13.4. The van der Waals surface area contributed by atoms with Gasteiger partial charge in [0.1, 0.15) is 11.6 Å². The fourth-order valence-corrected chi connectivity index (χ4v) is 2.19. The summed E-state index contributed by atoms with van der Waals surface area (Å²) in [7, 11) is 0. The van der Waals surface area contributed by atoms with Crippen LogP contribution in [0.1, 0.15) is 10.4 Å². The zero-order valence-electron chi connectivity index (χ0n) is 11.4. The highest BCUT2D eigenvalue weighted by Gasteiger charge is 2.13. The van der Waals surface area contributed by atoms with Crippen molar-refractivity contribution in [1.29, 1.82) is 0 Å². The Morgan fingerprint density at radius 2 is 1.70 bits per heavy atom. The molecule has 23 heavy (non-hydrogen) atoms. The summed E-state index contributed by atoms with van der Waals surface area (Å²) in [5.74, 6) is -3.18. The van der Waals surface area contributed by atoms with E-state index in [1.807, 2.05) is 0 Å². The molecule has 4 nitrogen and oxygen atoms in total. The van der Waals surface area contributed by atoms with Crippen LogP contribution in [0.15, 0.2) is 36.4 Å². The van der Waals surface area contributed by atoms with Crippen LogP contribution >= 0.6 is 23.2 Å². The summed E-state index contributed by atoms with van der Waals surface area (Å²) in [4.78, 5) is 23.4. The maximum atomic E-state index is 13.4. The predicted octanol–water partition coefficient (Wildman–Crippen LogP) is 4.07.